The summed E-state index contributed by atoms with van der Waals surface area (Å²) >= 11 is 6.11. The lowest BCUT2D eigenvalue weighted by molar-refractivity contribution is 0.0595. The lowest BCUT2D eigenvalue weighted by atomic mass is 10.2. The number of carbonyl (C=O) groups excluding carboxylic acids is 1. The lowest BCUT2D eigenvalue weighted by Crippen LogP contribution is -2.07. The minimum atomic E-state index is -0.468. The second-order valence-electron chi connectivity index (χ2n) is 3.97. The van der Waals surface area contributed by atoms with Crippen LogP contribution in [-0.2, 0) is 4.74 Å². The van der Waals surface area contributed by atoms with E-state index in [0.29, 0.717) is 35.3 Å². The maximum atomic E-state index is 11.7. The molecule has 0 saturated carbocycles. The molecule has 0 radical (unpaired) electrons. The van der Waals surface area contributed by atoms with Crippen molar-refractivity contribution in [1.82, 2.24) is 0 Å². The molecule has 0 fully saturated rings. The molecule has 0 N–H and O–H groups in total. The first-order valence-corrected chi connectivity index (χ1v) is 6.69. The molecule has 0 aliphatic heterocycles. The lowest BCUT2D eigenvalue weighted by Gasteiger charge is -2.13. The highest BCUT2D eigenvalue weighted by molar-refractivity contribution is 6.32. The van der Waals surface area contributed by atoms with Gasteiger partial charge in [-0.3, -0.25) is 0 Å². The molecule has 0 unspecified atom stereocenters. The zero-order valence-corrected chi connectivity index (χ0v) is 12.3. The summed E-state index contributed by atoms with van der Waals surface area (Å²) < 4.78 is 15.7. The van der Waals surface area contributed by atoms with E-state index in [1.165, 1.54) is 7.11 Å². The van der Waals surface area contributed by atoms with E-state index in [1.807, 2.05) is 13.8 Å². The molecular weight excluding hydrogens is 268 g/mol. The Morgan fingerprint density at radius 3 is 2.21 bits per heavy atom. The smallest absolute Gasteiger partial charge is 0.341 e. The molecule has 0 heterocycles. The summed E-state index contributed by atoms with van der Waals surface area (Å²) in [5.74, 6) is 0.416. The molecule has 1 aromatic rings. The predicted octanol–water partition coefficient (Wildman–Crippen LogP) is 3.70. The molecule has 0 aliphatic rings. The molecule has 1 rings (SSSR count). The summed E-state index contributed by atoms with van der Waals surface area (Å²) in [5, 5.41) is 0.423. The Morgan fingerprint density at radius 1 is 1.11 bits per heavy atom. The summed E-state index contributed by atoms with van der Waals surface area (Å²) in [5.41, 5.74) is 0.325. The number of ether oxygens (including phenoxy) is 3. The summed E-state index contributed by atoms with van der Waals surface area (Å²) in [6, 6.07) is 3.16. The standard InChI is InChI=1S/C14H19ClO4/c1-4-6-18-12-9-11(15)13(19-7-5-2)8-10(12)14(16)17-3/h8-9H,4-7H2,1-3H3. The second kappa shape index (κ2) is 7.89. The number of rotatable bonds is 7. The quantitative estimate of drug-likeness (QED) is 0.717. The molecule has 0 aliphatic carbocycles. The van der Waals surface area contributed by atoms with Gasteiger partial charge >= 0.3 is 5.97 Å². The molecule has 5 heteroatoms. The van der Waals surface area contributed by atoms with Crippen molar-refractivity contribution < 1.29 is 19.0 Å². The zero-order chi connectivity index (χ0) is 14.3. The van der Waals surface area contributed by atoms with Crippen LogP contribution < -0.4 is 9.47 Å². The van der Waals surface area contributed by atoms with Gasteiger partial charge in [0.15, 0.2) is 0 Å². The van der Waals surface area contributed by atoms with Crippen molar-refractivity contribution in [1.29, 1.82) is 0 Å². The molecule has 0 aromatic heterocycles. The van der Waals surface area contributed by atoms with Crippen molar-refractivity contribution >= 4 is 17.6 Å². The number of benzene rings is 1. The van der Waals surface area contributed by atoms with Gasteiger partial charge in [-0.05, 0) is 18.9 Å². The highest BCUT2D eigenvalue weighted by Crippen LogP contribution is 2.33. The van der Waals surface area contributed by atoms with Crippen molar-refractivity contribution in [3.63, 3.8) is 0 Å². The van der Waals surface area contributed by atoms with Crippen molar-refractivity contribution in [2.75, 3.05) is 20.3 Å². The highest BCUT2D eigenvalue weighted by atomic mass is 35.5. The Labute approximate surface area is 118 Å². The van der Waals surface area contributed by atoms with E-state index < -0.39 is 5.97 Å². The Bertz CT molecular complexity index is 432. The summed E-state index contributed by atoms with van der Waals surface area (Å²) in [6.07, 6.45) is 1.70. The molecular formula is C14H19ClO4. The van der Waals surface area contributed by atoms with Crippen LogP contribution in [-0.4, -0.2) is 26.3 Å². The van der Waals surface area contributed by atoms with Crippen LogP contribution in [0.15, 0.2) is 12.1 Å². The third kappa shape index (κ3) is 4.31. The number of carbonyl (C=O) groups is 1. The third-order valence-corrected chi connectivity index (χ3v) is 2.66. The van der Waals surface area contributed by atoms with Gasteiger partial charge in [-0.15, -0.1) is 0 Å². The Morgan fingerprint density at radius 2 is 1.68 bits per heavy atom. The fraction of sp³-hybridized carbons (Fsp3) is 0.500. The zero-order valence-electron chi connectivity index (χ0n) is 11.5. The van der Waals surface area contributed by atoms with Gasteiger partial charge in [0.05, 0.1) is 25.3 Å². The van der Waals surface area contributed by atoms with Gasteiger partial charge in [0, 0.05) is 6.07 Å². The van der Waals surface area contributed by atoms with E-state index >= 15 is 0 Å². The van der Waals surface area contributed by atoms with Gasteiger partial charge in [0.25, 0.3) is 0 Å². The number of hydrogen-bond donors (Lipinski definition) is 0. The average Bonchev–Trinajstić information content (AvgIpc) is 2.43. The van der Waals surface area contributed by atoms with Crippen LogP contribution in [0, 0.1) is 0 Å². The fourth-order valence-electron chi connectivity index (χ4n) is 1.46. The van der Waals surface area contributed by atoms with Gasteiger partial charge in [-0.25, -0.2) is 4.79 Å². The molecule has 4 nitrogen and oxygen atoms in total. The van der Waals surface area contributed by atoms with Crippen LogP contribution in [0.4, 0.5) is 0 Å². The first kappa shape index (κ1) is 15.6. The maximum absolute atomic E-state index is 11.7. The maximum Gasteiger partial charge on any atom is 0.341 e. The number of hydrogen-bond acceptors (Lipinski definition) is 4. The van der Waals surface area contributed by atoms with E-state index in [9.17, 15) is 4.79 Å². The molecule has 0 spiro atoms. The fourth-order valence-corrected chi connectivity index (χ4v) is 1.67. The van der Waals surface area contributed by atoms with E-state index in [0.717, 1.165) is 12.8 Å². The summed E-state index contributed by atoms with van der Waals surface area (Å²) in [4.78, 5) is 11.7. The molecule has 0 amide bonds. The molecule has 0 atom stereocenters. The minimum Gasteiger partial charge on any atom is -0.493 e. The molecule has 19 heavy (non-hydrogen) atoms. The summed E-state index contributed by atoms with van der Waals surface area (Å²) in [6.45, 7) is 5.02. The largest absolute Gasteiger partial charge is 0.493 e. The van der Waals surface area contributed by atoms with Crippen LogP contribution >= 0.6 is 11.6 Å². The van der Waals surface area contributed by atoms with Crippen LogP contribution in [0.5, 0.6) is 11.5 Å². The van der Waals surface area contributed by atoms with Crippen molar-refractivity contribution in [2.24, 2.45) is 0 Å². The van der Waals surface area contributed by atoms with Crippen LogP contribution in [0.25, 0.3) is 0 Å². The van der Waals surface area contributed by atoms with Crippen LogP contribution in [0.3, 0.4) is 0 Å². The van der Waals surface area contributed by atoms with E-state index in [1.54, 1.807) is 12.1 Å². The Hall–Kier alpha value is -1.42. The topological polar surface area (TPSA) is 44.8 Å². The number of methoxy groups -OCH3 is 1. The first-order chi connectivity index (χ1) is 9.13. The SMILES string of the molecule is CCCOc1cc(C(=O)OC)c(OCCC)cc1Cl. The van der Waals surface area contributed by atoms with Gasteiger partial charge in [-0.2, -0.15) is 0 Å². The third-order valence-electron chi connectivity index (χ3n) is 2.36. The van der Waals surface area contributed by atoms with Crippen molar-refractivity contribution in [3.8, 4) is 11.5 Å². The second-order valence-corrected chi connectivity index (χ2v) is 4.37. The van der Waals surface area contributed by atoms with Crippen molar-refractivity contribution in [2.45, 2.75) is 26.7 Å². The molecule has 106 valence electrons. The van der Waals surface area contributed by atoms with Crippen LogP contribution in [0.2, 0.25) is 5.02 Å². The molecule has 0 bridgehead atoms. The summed E-state index contributed by atoms with van der Waals surface area (Å²) in [7, 11) is 1.33. The van der Waals surface area contributed by atoms with Crippen LogP contribution in [0.1, 0.15) is 37.0 Å². The monoisotopic (exact) mass is 286 g/mol. The first-order valence-electron chi connectivity index (χ1n) is 6.31. The Balaban J connectivity index is 3.08. The molecule has 1 aromatic carbocycles. The van der Waals surface area contributed by atoms with E-state index in [2.05, 4.69) is 0 Å². The van der Waals surface area contributed by atoms with E-state index in [4.69, 9.17) is 25.8 Å². The van der Waals surface area contributed by atoms with Gasteiger partial charge in [-0.1, -0.05) is 25.4 Å². The van der Waals surface area contributed by atoms with Gasteiger partial charge in [0.1, 0.15) is 17.1 Å². The van der Waals surface area contributed by atoms with Gasteiger partial charge < -0.3 is 14.2 Å². The van der Waals surface area contributed by atoms with Crippen molar-refractivity contribution in [3.05, 3.63) is 22.7 Å². The predicted molar refractivity (Wildman–Crippen MR) is 74.4 cm³/mol. The highest BCUT2D eigenvalue weighted by Gasteiger charge is 2.17. The number of esters is 1. The average molecular weight is 287 g/mol. The number of halogens is 1. The normalized spacial score (nSPS) is 10.1. The Kier molecular flexibility index (Phi) is 6.50. The minimum absolute atomic E-state index is 0.325. The van der Waals surface area contributed by atoms with E-state index in [-0.39, 0.29) is 0 Å². The molecule has 0 saturated heterocycles. The van der Waals surface area contributed by atoms with Gasteiger partial charge in [0.2, 0.25) is 0 Å².